The molecule has 1 aliphatic heterocycles. The average molecular weight is 254 g/mol. The molecule has 0 bridgehead atoms. The summed E-state index contributed by atoms with van der Waals surface area (Å²) in [6, 6.07) is 0.332. The second-order valence-electron chi connectivity index (χ2n) is 6.83. The zero-order valence-electron chi connectivity index (χ0n) is 11.9. The Morgan fingerprint density at radius 1 is 1.28 bits per heavy atom. The molecule has 1 aliphatic carbocycles. The number of nitrogens with zero attached hydrogens (tertiary/aromatic N) is 1. The van der Waals surface area contributed by atoms with Gasteiger partial charge in [0, 0.05) is 19.1 Å². The molecule has 104 valence electrons. The number of ether oxygens (including phenoxy) is 1. The van der Waals surface area contributed by atoms with E-state index in [4.69, 9.17) is 10.5 Å². The van der Waals surface area contributed by atoms with Crippen molar-refractivity contribution in [3.05, 3.63) is 0 Å². The number of hydrogen-bond acceptors (Lipinski definition) is 3. The van der Waals surface area contributed by atoms with Gasteiger partial charge in [-0.3, -0.25) is 0 Å². The van der Waals surface area contributed by atoms with Gasteiger partial charge >= 0.3 is 6.09 Å². The minimum absolute atomic E-state index is 0.177. The number of nitrogens with two attached hydrogens (primary N) is 1. The molecule has 0 aromatic heterocycles. The molecule has 1 amide bonds. The van der Waals surface area contributed by atoms with Crippen molar-refractivity contribution in [2.45, 2.75) is 64.5 Å². The van der Waals surface area contributed by atoms with E-state index in [-0.39, 0.29) is 6.09 Å². The first-order valence-electron chi connectivity index (χ1n) is 7.06. The maximum Gasteiger partial charge on any atom is 0.410 e. The second-order valence-corrected chi connectivity index (χ2v) is 6.83. The smallest absolute Gasteiger partial charge is 0.410 e. The molecule has 2 aliphatic rings. The summed E-state index contributed by atoms with van der Waals surface area (Å²) in [5, 5.41) is 0. The SMILES string of the molecule is CC(C)(C)OC(=O)N1CCC2(CCC[C@H]2N)CC1. The van der Waals surface area contributed by atoms with Crippen LogP contribution in [0.5, 0.6) is 0 Å². The molecule has 1 saturated heterocycles. The summed E-state index contributed by atoms with van der Waals surface area (Å²) < 4.78 is 5.41. The van der Waals surface area contributed by atoms with E-state index in [1.807, 2.05) is 25.7 Å². The Morgan fingerprint density at radius 2 is 1.89 bits per heavy atom. The van der Waals surface area contributed by atoms with Gasteiger partial charge < -0.3 is 15.4 Å². The van der Waals surface area contributed by atoms with Gasteiger partial charge in [-0.1, -0.05) is 6.42 Å². The lowest BCUT2D eigenvalue weighted by Crippen LogP contribution is -2.49. The summed E-state index contributed by atoms with van der Waals surface area (Å²) in [7, 11) is 0. The molecule has 1 saturated carbocycles. The molecule has 1 spiro atoms. The van der Waals surface area contributed by atoms with Crippen LogP contribution in [0.1, 0.15) is 52.9 Å². The Bertz CT molecular complexity index is 314. The summed E-state index contributed by atoms with van der Waals surface area (Å²) in [4.78, 5) is 13.8. The van der Waals surface area contributed by atoms with E-state index < -0.39 is 5.60 Å². The molecule has 0 aromatic carbocycles. The third-order valence-corrected chi connectivity index (χ3v) is 4.39. The van der Waals surface area contributed by atoms with Crippen LogP contribution >= 0.6 is 0 Å². The van der Waals surface area contributed by atoms with Gasteiger partial charge in [-0.25, -0.2) is 4.79 Å². The predicted molar refractivity (Wildman–Crippen MR) is 71.3 cm³/mol. The first-order valence-corrected chi connectivity index (χ1v) is 7.06. The van der Waals surface area contributed by atoms with Crippen molar-refractivity contribution in [3.63, 3.8) is 0 Å². The van der Waals surface area contributed by atoms with Crippen molar-refractivity contribution in [2.24, 2.45) is 11.1 Å². The first kappa shape index (κ1) is 13.7. The molecule has 2 rings (SSSR count). The topological polar surface area (TPSA) is 55.6 Å². The van der Waals surface area contributed by atoms with Crippen LogP contribution in [0.2, 0.25) is 0 Å². The summed E-state index contributed by atoms with van der Waals surface area (Å²) in [5.41, 5.74) is 6.13. The number of carbonyl (C=O) groups is 1. The van der Waals surface area contributed by atoms with E-state index in [1.54, 1.807) is 0 Å². The highest BCUT2D eigenvalue weighted by Crippen LogP contribution is 2.45. The zero-order valence-corrected chi connectivity index (χ0v) is 11.9. The number of hydrogen-bond donors (Lipinski definition) is 1. The molecule has 0 radical (unpaired) electrons. The Hall–Kier alpha value is -0.770. The van der Waals surface area contributed by atoms with Gasteiger partial charge in [-0.2, -0.15) is 0 Å². The van der Waals surface area contributed by atoms with Crippen LogP contribution in [-0.2, 0) is 4.74 Å². The van der Waals surface area contributed by atoms with Gasteiger partial charge in [-0.05, 0) is 51.9 Å². The number of likely N-dealkylation sites (tertiary alicyclic amines) is 1. The molecule has 2 fully saturated rings. The lowest BCUT2D eigenvalue weighted by atomic mass is 9.74. The van der Waals surface area contributed by atoms with Crippen LogP contribution in [-0.4, -0.2) is 35.7 Å². The summed E-state index contributed by atoms with van der Waals surface area (Å²) in [6.07, 6.45) is 5.51. The minimum atomic E-state index is -0.407. The van der Waals surface area contributed by atoms with Crippen LogP contribution in [0.3, 0.4) is 0 Å². The maximum absolute atomic E-state index is 12.0. The van der Waals surface area contributed by atoms with Crippen molar-refractivity contribution < 1.29 is 9.53 Å². The van der Waals surface area contributed by atoms with Gasteiger partial charge in [0.1, 0.15) is 5.60 Å². The van der Waals surface area contributed by atoms with E-state index in [0.717, 1.165) is 32.4 Å². The Morgan fingerprint density at radius 3 is 2.33 bits per heavy atom. The highest BCUT2D eigenvalue weighted by molar-refractivity contribution is 5.68. The quantitative estimate of drug-likeness (QED) is 0.722. The zero-order chi connectivity index (χ0) is 13.4. The van der Waals surface area contributed by atoms with Gasteiger partial charge in [0.05, 0.1) is 0 Å². The average Bonchev–Trinajstić information content (AvgIpc) is 2.59. The van der Waals surface area contributed by atoms with Gasteiger partial charge in [0.15, 0.2) is 0 Å². The van der Waals surface area contributed by atoms with Crippen molar-refractivity contribution in [1.29, 1.82) is 0 Å². The molecular weight excluding hydrogens is 228 g/mol. The van der Waals surface area contributed by atoms with Crippen LogP contribution in [0.15, 0.2) is 0 Å². The highest BCUT2D eigenvalue weighted by atomic mass is 16.6. The molecule has 0 unspecified atom stereocenters. The Kier molecular flexibility index (Phi) is 3.58. The van der Waals surface area contributed by atoms with Crippen LogP contribution in [0, 0.1) is 5.41 Å². The summed E-state index contributed by atoms with van der Waals surface area (Å²) in [5.74, 6) is 0. The van der Waals surface area contributed by atoms with Gasteiger partial charge in [-0.15, -0.1) is 0 Å². The molecular formula is C14H26N2O2. The molecule has 1 heterocycles. The molecule has 18 heavy (non-hydrogen) atoms. The first-order chi connectivity index (χ1) is 8.32. The monoisotopic (exact) mass is 254 g/mol. The largest absolute Gasteiger partial charge is 0.444 e. The van der Waals surface area contributed by atoms with Crippen molar-refractivity contribution >= 4 is 6.09 Å². The summed E-state index contributed by atoms with van der Waals surface area (Å²) >= 11 is 0. The number of piperidine rings is 1. The molecule has 1 atom stereocenters. The standard InChI is InChI=1S/C14H26N2O2/c1-13(2,3)18-12(17)16-9-7-14(8-10-16)6-4-5-11(14)15/h11H,4-10,15H2,1-3H3/t11-/m1/s1. The predicted octanol–water partition coefficient (Wildman–Crippen LogP) is 2.51. The van der Waals surface area contributed by atoms with Crippen LogP contribution < -0.4 is 5.73 Å². The molecule has 4 heteroatoms. The van der Waals surface area contributed by atoms with E-state index in [2.05, 4.69) is 0 Å². The normalized spacial score (nSPS) is 27.6. The van der Waals surface area contributed by atoms with Gasteiger partial charge in [0.2, 0.25) is 0 Å². The molecule has 0 aromatic rings. The number of rotatable bonds is 0. The molecule has 4 nitrogen and oxygen atoms in total. The van der Waals surface area contributed by atoms with Gasteiger partial charge in [0.25, 0.3) is 0 Å². The fourth-order valence-electron chi connectivity index (χ4n) is 3.25. The van der Waals surface area contributed by atoms with Crippen molar-refractivity contribution in [2.75, 3.05) is 13.1 Å². The third kappa shape index (κ3) is 2.79. The lowest BCUT2D eigenvalue weighted by Gasteiger charge is -2.42. The van der Waals surface area contributed by atoms with Crippen LogP contribution in [0.25, 0.3) is 0 Å². The molecule has 2 N–H and O–H groups in total. The second kappa shape index (κ2) is 4.72. The van der Waals surface area contributed by atoms with E-state index in [0.29, 0.717) is 11.5 Å². The minimum Gasteiger partial charge on any atom is -0.444 e. The Balaban J connectivity index is 1.89. The summed E-state index contributed by atoms with van der Waals surface area (Å²) in [6.45, 7) is 7.31. The number of carbonyl (C=O) groups excluding carboxylic acids is 1. The van der Waals surface area contributed by atoms with Crippen molar-refractivity contribution in [3.8, 4) is 0 Å². The number of amides is 1. The highest BCUT2D eigenvalue weighted by Gasteiger charge is 2.43. The van der Waals surface area contributed by atoms with E-state index >= 15 is 0 Å². The van der Waals surface area contributed by atoms with Crippen LogP contribution in [0.4, 0.5) is 4.79 Å². The van der Waals surface area contributed by atoms with Crippen molar-refractivity contribution in [1.82, 2.24) is 4.90 Å². The fourth-order valence-corrected chi connectivity index (χ4v) is 3.25. The fraction of sp³-hybridized carbons (Fsp3) is 0.929. The third-order valence-electron chi connectivity index (χ3n) is 4.39. The maximum atomic E-state index is 12.0. The van der Waals surface area contributed by atoms with E-state index in [9.17, 15) is 4.79 Å². The van der Waals surface area contributed by atoms with E-state index in [1.165, 1.54) is 12.8 Å². The Labute approximate surface area is 110 Å². The lowest BCUT2D eigenvalue weighted by molar-refractivity contribution is 0.00886.